The van der Waals surface area contributed by atoms with Gasteiger partial charge in [0, 0.05) is 0 Å². The predicted molar refractivity (Wildman–Crippen MR) is 140 cm³/mol. The molecule has 1 fully saturated rings. The van der Waals surface area contributed by atoms with Crippen LogP contribution in [0.1, 0.15) is 21.9 Å². The number of nitrogens with zero attached hydrogens (tertiary/aromatic N) is 1. The number of methoxy groups -OCH3 is 2. The summed E-state index contributed by atoms with van der Waals surface area (Å²) in [6, 6.07) is 12.5. The van der Waals surface area contributed by atoms with Crippen LogP contribution in [0.2, 0.25) is 10.0 Å². The molecule has 2 aromatic carbocycles. The van der Waals surface area contributed by atoms with E-state index in [0.717, 1.165) is 4.90 Å². The Balaban J connectivity index is 1.56. The summed E-state index contributed by atoms with van der Waals surface area (Å²) < 4.78 is 21.2. The lowest BCUT2D eigenvalue weighted by Crippen LogP contribution is -2.54. The Morgan fingerprint density at radius 3 is 2.54 bits per heavy atom. The highest BCUT2D eigenvalue weighted by atomic mass is 35.5. The van der Waals surface area contributed by atoms with Crippen LogP contribution < -0.4 is 19.7 Å². The minimum Gasteiger partial charge on any atom is -0.493 e. The number of carbonyl (C=O) groups is 3. The van der Waals surface area contributed by atoms with Gasteiger partial charge < -0.3 is 18.6 Å². The zero-order chi connectivity index (χ0) is 26.7. The summed E-state index contributed by atoms with van der Waals surface area (Å²) in [7, 11) is 2.70. The van der Waals surface area contributed by atoms with E-state index in [2.05, 4.69) is 10.1 Å². The molecule has 0 spiro atoms. The number of hydrogen-bond donors (Lipinski definition) is 1. The van der Waals surface area contributed by atoms with E-state index in [1.807, 2.05) is 0 Å². The molecule has 1 aliphatic heterocycles. The van der Waals surface area contributed by atoms with E-state index in [9.17, 15) is 14.4 Å². The van der Waals surface area contributed by atoms with Crippen molar-refractivity contribution in [3.05, 3.63) is 81.2 Å². The molecule has 0 aliphatic carbocycles. The third kappa shape index (κ3) is 5.61. The minimum atomic E-state index is -0.648. The second-order valence-corrected chi connectivity index (χ2v) is 8.71. The number of benzene rings is 2. The van der Waals surface area contributed by atoms with Gasteiger partial charge in [0.1, 0.15) is 17.9 Å². The van der Waals surface area contributed by atoms with Crippen molar-refractivity contribution in [1.82, 2.24) is 5.32 Å². The van der Waals surface area contributed by atoms with Gasteiger partial charge in [-0.3, -0.25) is 19.8 Å². The van der Waals surface area contributed by atoms with Crippen molar-refractivity contribution >= 4 is 70.1 Å². The van der Waals surface area contributed by atoms with E-state index in [0.29, 0.717) is 33.5 Å². The molecule has 1 aliphatic rings. The van der Waals surface area contributed by atoms with Crippen molar-refractivity contribution in [2.24, 2.45) is 0 Å². The van der Waals surface area contributed by atoms with E-state index >= 15 is 0 Å². The molecular weight excluding hydrogens is 543 g/mol. The number of amides is 2. The van der Waals surface area contributed by atoms with E-state index in [1.54, 1.807) is 30.3 Å². The summed E-state index contributed by atoms with van der Waals surface area (Å²) in [5, 5.41) is 2.97. The molecule has 4 rings (SSSR count). The fraction of sp³-hybridized carbons (Fsp3) is 0.120. The minimum absolute atomic E-state index is 0.0186. The van der Waals surface area contributed by atoms with Crippen LogP contribution in [0.25, 0.3) is 6.08 Å². The second kappa shape index (κ2) is 11.0. The summed E-state index contributed by atoms with van der Waals surface area (Å²) in [5.74, 6) is -0.707. The summed E-state index contributed by atoms with van der Waals surface area (Å²) in [5.41, 5.74) is 0.696. The number of ether oxygens (including phenoxy) is 3. The Morgan fingerprint density at radius 2 is 1.84 bits per heavy atom. The highest BCUT2D eigenvalue weighted by Crippen LogP contribution is 2.32. The van der Waals surface area contributed by atoms with E-state index in [-0.39, 0.29) is 28.1 Å². The topological polar surface area (TPSA) is 107 Å². The quantitative estimate of drug-likeness (QED) is 0.190. The molecule has 1 N–H and O–H groups in total. The Hall–Kier alpha value is -3.86. The molecule has 1 aromatic heterocycles. The number of carbonyl (C=O) groups excluding carboxylic acids is 3. The summed E-state index contributed by atoms with van der Waals surface area (Å²) >= 11 is 17.3. The molecule has 0 saturated carbocycles. The van der Waals surface area contributed by atoms with Crippen molar-refractivity contribution in [1.29, 1.82) is 0 Å². The molecule has 2 amide bonds. The Labute approximate surface area is 226 Å². The summed E-state index contributed by atoms with van der Waals surface area (Å²) in [6.45, 7) is 0.0186. The van der Waals surface area contributed by atoms with Gasteiger partial charge in [-0.05, 0) is 66.3 Å². The molecule has 37 heavy (non-hydrogen) atoms. The first kappa shape index (κ1) is 26.2. The molecule has 0 radical (unpaired) electrons. The fourth-order valence-electron chi connectivity index (χ4n) is 3.39. The van der Waals surface area contributed by atoms with E-state index in [1.165, 1.54) is 38.5 Å². The van der Waals surface area contributed by atoms with Crippen molar-refractivity contribution in [2.45, 2.75) is 6.61 Å². The number of rotatable bonds is 7. The number of nitrogens with one attached hydrogen (secondary N) is 1. The second-order valence-electron chi connectivity index (χ2n) is 7.51. The number of halogens is 2. The summed E-state index contributed by atoms with van der Waals surface area (Å²) in [4.78, 5) is 38.5. The third-order valence-corrected chi connectivity index (χ3v) is 6.20. The highest BCUT2D eigenvalue weighted by molar-refractivity contribution is 7.80. The normalized spacial score (nSPS) is 14.5. The zero-order valence-electron chi connectivity index (χ0n) is 19.4. The average Bonchev–Trinajstić information content (AvgIpc) is 3.36. The van der Waals surface area contributed by atoms with E-state index in [4.69, 9.17) is 49.3 Å². The molecule has 190 valence electrons. The average molecular weight is 561 g/mol. The number of hydrogen-bond acceptors (Lipinski definition) is 8. The molecule has 3 aromatic rings. The summed E-state index contributed by atoms with van der Waals surface area (Å²) in [6.07, 6.45) is 1.41. The van der Waals surface area contributed by atoms with Crippen molar-refractivity contribution in [3.63, 3.8) is 0 Å². The zero-order valence-corrected chi connectivity index (χ0v) is 21.7. The van der Waals surface area contributed by atoms with Gasteiger partial charge in [-0.25, -0.2) is 4.79 Å². The standard InChI is InChI=1S/C25H18Cl2N2O7S/c1-33-21-10-13(3-7-19(21)35-12-15-5-8-20(36-15)24(32)34-2)9-16-22(30)28-25(37)29(23(16)31)14-4-6-17(26)18(27)11-14/h3-11H,12H2,1-2H3,(H,28,30,37)/b16-9-. The highest BCUT2D eigenvalue weighted by Gasteiger charge is 2.34. The van der Waals surface area contributed by atoms with Gasteiger partial charge in [0.15, 0.2) is 16.6 Å². The first-order valence-electron chi connectivity index (χ1n) is 10.6. The van der Waals surface area contributed by atoms with Crippen LogP contribution in [-0.4, -0.2) is 37.1 Å². The number of thiocarbonyl (C=S) groups is 1. The third-order valence-electron chi connectivity index (χ3n) is 5.18. The van der Waals surface area contributed by atoms with Crippen LogP contribution in [0.15, 0.2) is 58.5 Å². The van der Waals surface area contributed by atoms with Crippen LogP contribution in [0.5, 0.6) is 11.5 Å². The Bertz CT molecular complexity index is 1450. The predicted octanol–water partition coefficient (Wildman–Crippen LogP) is 4.79. The van der Waals surface area contributed by atoms with Crippen molar-refractivity contribution in [3.8, 4) is 11.5 Å². The van der Waals surface area contributed by atoms with Crippen molar-refractivity contribution in [2.75, 3.05) is 19.1 Å². The molecule has 0 atom stereocenters. The smallest absolute Gasteiger partial charge is 0.373 e. The number of furan rings is 1. The molecular formula is C25H18Cl2N2O7S. The van der Waals surface area contributed by atoms with Crippen LogP contribution in [0, 0.1) is 0 Å². The van der Waals surface area contributed by atoms with Crippen LogP contribution in [-0.2, 0) is 20.9 Å². The maximum Gasteiger partial charge on any atom is 0.373 e. The molecule has 0 unspecified atom stereocenters. The van der Waals surface area contributed by atoms with Crippen LogP contribution >= 0.6 is 35.4 Å². The Morgan fingerprint density at radius 1 is 1.05 bits per heavy atom. The maximum absolute atomic E-state index is 13.2. The monoisotopic (exact) mass is 560 g/mol. The van der Waals surface area contributed by atoms with Gasteiger partial charge in [0.25, 0.3) is 11.8 Å². The van der Waals surface area contributed by atoms with Gasteiger partial charge in [0.2, 0.25) is 5.76 Å². The maximum atomic E-state index is 13.2. The fourth-order valence-corrected chi connectivity index (χ4v) is 3.96. The van der Waals surface area contributed by atoms with E-state index < -0.39 is 17.8 Å². The van der Waals surface area contributed by atoms with Crippen LogP contribution in [0.3, 0.4) is 0 Å². The molecule has 2 heterocycles. The molecule has 1 saturated heterocycles. The van der Waals surface area contributed by atoms with Crippen LogP contribution in [0.4, 0.5) is 5.69 Å². The van der Waals surface area contributed by atoms with Gasteiger partial charge in [-0.1, -0.05) is 29.3 Å². The molecule has 9 nitrogen and oxygen atoms in total. The lowest BCUT2D eigenvalue weighted by atomic mass is 10.1. The van der Waals surface area contributed by atoms with Gasteiger partial charge in [-0.2, -0.15) is 0 Å². The van der Waals surface area contributed by atoms with Crippen molar-refractivity contribution < 1.29 is 33.0 Å². The molecule has 12 heteroatoms. The number of anilines is 1. The van der Waals surface area contributed by atoms with Gasteiger partial charge in [0.05, 0.1) is 30.0 Å². The largest absolute Gasteiger partial charge is 0.493 e. The van der Waals surface area contributed by atoms with Gasteiger partial charge in [-0.15, -0.1) is 0 Å². The lowest BCUT2D eigenvalue weighted by molar-refractivity contribution is -0.122. The first-order chi connectivity index (χ1) is 17.7. The van der Waals surface area contributed by atoms with Gasteiger partial charge >= 0.3 is 5.97 Å². The molecule has 0 bridgehead atoms. The SMILES string of the molecule is COC(=O)c1ccc(COc2ccc(/C=C3/C(=O)NC(=S)N(c4ccc(Cl)c(Cl)c4)C3=O)cc2OC)o1. The lowest BCUT2D eigenvalue weighted by Gasteiger charge is -2.29. The number of esters is 1. The first-order valence-corrected chi connectivity index (χ1v) is 11.7. The Kier molecular flexibility index (Phi) is 7.82.